The normalized spacial score (nSPS) is 12.8. The minimum absolute atomic E-state index is 0.0296. The van der Waals surface area contributed by atoms with E-state index in [9.17, 15) is 14.4 Å². The van der Waals surface area contributed by atoms with Crippen LogP contribution in [-0.2, 0) is 20.9 Å². The van der Waals surface area contributed by atoms with Gasteiger partial charge in [-0.15, -0.1) is 11.8 Å². The molecule has 2 aromatic carbocycles. The number of hydrogen-bond acceptors (Lipinski definition) is 6. The molecule has 6 nitrogen and oxygen atoms in total. The Morgan fingerprint density at radius 2 is 1.92 bits per heavy atom. The van der Waals surface area contributed by atoms with Gasteiger partial charge in [-0.05, 0) is 35.9 Å². The molecule has 3 rings (SSSR count). The molecule has 1 aliphatic rings. The van der Waals surface area contributed by atoms with Gasteiger partial charge in [0.1, 0.15) is 6.61 Å². The minimum atomic E-state index is -0.504. The summed E-state index contributed by atoms with van der Waals surface area (Å²) >= 11 is 1.43. The van der Waals surface area contributed by atoms with Crippen molar-refractivity contribution in [2.24, 2.45) is 0 Å². The fraction of sp³-hybridized carbons (Fsp3) is 0.167. The summed E-state index contributed by atoms with van der Waals surface area (Å²) in [5.74, 6) is -0.678. The SMILES string of the molecule is COC(=O)c1cccc(COC(=O)c2ccc3c(c2)NC(=O)CS3)c1. The number of fused-ring (bicyclic) bond motifs is 1. The minimum Gasteiger partial charge on any atom is -0.465 e. The van der Waals surface area contributed by atoms with Gasteiger partial charge in [0.15, 0.2) is 0 Å². The molecule has 128 valence electrons. The third kappa shape index (κ3) is 4.00. The molecule has 1 N–H and O–H groups in total. The number of ether oxygens (including phenoxy) is 2. The Morgan fingerprint density at radius 3 is 2.72 bits per heavy atom. The van der Waals surface area contributed by atoms with Gasteiger partial charge in [0.05, 0.1) is 29.7 Å². The van der Waals surface area contributed by atoms with Crippen molar-refractivity contribution in [1.29, 1.82) is 0 Å². The highest BCUT2D eigenvalue weighted by molar-refractivity contribution is 8.00. The zero-order valence-electron chi connectivity index (χ0n) is 13.4. The maximum Gasteiger partial charge on any atom is 0.338 e. The van der Waals surface area contributed by atoms with E-state index < -0.39 is 11.9 Å². The van der Waals surface area contributed by atoms with Crippen LogP contribution in [0.25, 0.3) is 0 Å². The van der Waals surface area contributed by atoms with Gasteiger partial charge in [-0.1, -0.05) is 12.1 Å². The number of carbonyl (C=O) groups is 3. The van der Waals surface area contributed by atoms with Gasteiger partial charge in [0, 0.05) is 4.90 Å². The number of amides is 1. The van der Waals surface area contributed by atoms with E-state index >= 15 is 0 Å². The fourth-order valence-electron chi connectivity index (χ4n) is 2.35. The molecule has 1 aliphatic heterocycles. The number of nitrogens with one attached hydrogen (secondary N) is 1. The number of hydrogen-bond donors (Lipinski definition) is 1. The Bertz CT molecular complexity index is 849. The predicted molar refractivity (Wildman–Crippen MR) is 92.7 cm³/mol. The van der Waals surface area contributed by atoms with Gasteiger partial charge in [-0.3, -0.25) is 4.79 Å². The molecular weight excluding hydrogens is 342 g/mol. The lowest BCUT2D eigenvalue weighted by Crippen LogP contribution is -2.19. The summed E-state index contributed by atoms with van der Waals surface area (Å²) in [4.78, 5) is 36.1. The number of anilines is 1. The molecule has 1 amide bonds. The van der Waals surface area contributed by atoms with E-state index in [1.807, 2.05) is 0 Å². The lowest BCUT2D eigenvalue weighted by Gasteiger charge is -2.16. The van der Waals surface area contributed by atoms with Crippen LogP contribution in [0.4, 0.5) is 5.69 Å². The van der Waals surface area contributed by atoms with Crippen LogP contribution in [0.5, 0.6) is 0 Å². The molecule has 0 aliphatic carbocycles. The number of methoxy groups -OCH3 is 1. The number of benzene rings is 2. The van der Waals surface area contributed by atoms with Crippen molar-refractivity contribution in [1.82, 2.24) is 0 Å². The van der Waals surface area contributed by atoms with Crippen molar-refractivity contribution in [3.63, 3.8) is 0 Å². The number of thioether (sulfide) groups is 1. The van der Waals surface area contributed by atoms with Crippen LogP contribution in [0.15, 0.2) is 47.4 Å². The van der Waals surface area contributed by atoms with E-state index in [0.29, 0.717) is 28.1 Å². The molecule has 7 heteroatoms. The second-order valence-corrected chi connectivity index (χ2v) is 6.33. The molecule has 0 fully saturated rings. The van der Waals surface area contributed by atoms with Crippen LogP contribution in [-0.4, -0.2) is 30.7 Å². The van der Waals surface area contributed by atoms with Gasteiger partial charge in [-0.25, -0.2) is 9.59 Å². The van der Waals surface area contributed by atoms with Gasteiger partial charge in [-0.2, -0.15) is 0 Å². The highest BCUT2D eigenvalue weighted by atomic mass is 32.2. The Balaban J connectivity index is 1.68. The van der Waals surface area contributed by atoms with E-state index in [-0.39, 0.29) is 12.5 Å². The summed E-state index contributed by atoms with van der Waals surface area (Å²) in [5, 5.41) is 2.74. The van der Waals surface area contributed by atoms with Crippen LogP contribution in [0, 0.1) is 0 Å². The molecule has 0 saturated heterocycles. The molecule has 0 bridgehead atoms. The Labute approximate surface area is 148 Å². The molecule has 0 radical (unpaired) electrons. The standard InChI is InChI=1S/C18H15NO5S/c1-23-17(21)12-4-2-3-11(7-12)9-24-18(22)13-5-6-15-14(8-13)19-16(20)10-25-15/h2-8H,9-10H2,1H3,(H,19,20). The van der Waals surface area contributed by atoms with Gasteiger partial charge in [0.25, 0.3) is 0 Å². The van der Waals surface area contributed by atoms with Gasteiger partial charge < -0.3 is 14.8 Å². The van der Waals surface area contributed by atoms with Gasteiger partial charge >= 0.3 is 11.9 Å². The van der Waals surface area contributed by atoms with E-state index in [2.05, 4.69) is 10.1 Å². The van der Waals surface area contributed by atoms with Crippen molar-refractivity contribution in [2.45, 2.75) is 11.5 Å². The third-order valence-corrected chi connectivity index (χ3v) is 4.64. The first kappa shape index (κ1) is 17.0. The molecule has 0 unspecified atom stereocenters. The van der Waals surface area contributed by atoms with E-state index in [1.165, 1.54) is 18.9 Å². The van der Waals surface area contributed by atoms with Gasteiger partial charge in [0.2, 0.25) is 5.91 Å². The molecule has 0 spiro atoms. The second kappa shape index (κ2) is 7.40. The quantitative estimate of drug-likeness (QED) is 0.848. The lowest BCUT2D eigenvalue weighted by atomic mass is 10.1. The lowest BCUT2D eigenvalue weighted by molar-refractivity contribution is -0.113. The third-order valence-electron chi connectivity index (χ3n) is 3.57. The topological polar surface area (TPSA) is 81.7 Å². The summed E-state index contributed by atoms with van der Waals surface area (Å²) in [6.07, 6.45) is 0. The number of carbonyl (C=O) groups excluding carboxylic acids is 3. The van der Waals surface area contributed by atoms with Crippen LogP contribution in [0.3, 0.4) is 0 Å². The van der Waals surface area contributed by atoms with E-state index in [4.69, 9.17) is 4.74 Å². The summed E-state index contributed by atoms with van der Waals surface area (Å²) in [6, 6.07) is 11.7. The summed E-state index contributed by atoms with van der Waals surface area (Å²) in [5.41, 5.74) is 2.04. The molecule has 25 heavy (non-hydrogen) atoms. The molecule has 1 heterocycles. The predicted octanol–water partition coefficient (Wildman–Crippen LogP) is 2.87. The van der Waals surface area contributed by atoms with Crippen molar-refractivity contribution >= 4 is 35.3 Å². The zero-order chi connectivity index (χ0) is 17.8. The average Bonchev–Trinajstić information content (AvgIpc) is 2.65. The second-order valence-electron chi connectivity index (χ2n) is 5.32. The van der Waals surface area contributed by atoms with Crippen molar-refractivity contribution < 1.29 is 23.9 Å². The molecule has 0 saturated carbocycles. The number of esters is 2. The average molecular weight is 357 g/mol. The molecule has 2 aromatic rings. The monoisotopic (exact) mass is 357 g/mol. The maximum atomic E-state index is 12.2. The highest BCUT2D eigenvalue weighted by Crippen LogP contribution is 2.32. The van der Waals surface area contributed by atoms with Crippen LogP contribution in [0.1, 0.15) is 26.3 Å². The summed E-state index contributed by atoms with van der Waals surface area (Å²) in [7, 11) is 1.31. The summed E-state index contributed by atoms with van der Waals surface area (Å²) in [6.45, 7) is 0.0296. The van der Waals surface area contributed by atoms with E-state index in [1.54, 1.807) is 42.5 Å². The number of rotatable bonds is 4. The zero-order valence-corrected chi connectivity index (χ0v) is 14.2. The van der Waals surface area contributed by atoms with E-state index in [0.717, 1.165) is 4.90 Å². The van der Waals surface area contributed by atoms with Crippen LogP contribution >= 0.6 is 11.8 Å². The van der Waals surface area contributed by atoms with Crippen molar-refractivity contribution in [3.8, 4) is 0 Å². The molecular formula is C18H15NO5S. The highest BCUT2D eigenvalue weighted by Gasteiger charge is 2.18. The first-order valence-corrected chi connectivity index (χ1v) is 8.46. The fourth-order valence-corrected chi connectivity index (χ4v) is 3.14. The Hall–Kier alpha value is -2.80. The van der Waals surface area contributed by atoms with Crippen molar-refractivity contribution in [3.05, 3.63) is 59.2 Å². The Kier molecular flexibility index (Phi) is 5.04. The molecule has 0 aromatic heterocycles. The van der Waals surface area contributed by atoms with Crippen LogP contribution < -0.4 is 5.32 Å². The first-order valence-electron chi connectivity index (χ1n) is 7.48. The summed E-state index contributed by atoms with van der Waals surface area (Å²) < 4.78 is 9.95. The smallest absolute Gasteiger partial charge is 0.338 e. The first-order chi connectivity index (χ1) is 12.1. The van der Waals surface area contributed by atoms with Crippen molar-refractivity contribution in [2.75, 3.05) is 18.2 Å². The largest absolute Gasteiger partial charge is 0.465 e. The maximum absolute atomic E-state index is 12.2. The molecule has 0 atom stereocenters. The van der Waals surface area contributed by atoms with Crippen LogP contribution in [0.2, 0.25) is 0 Å². The Morgan fingerprint density at radius 1 is 1.12 bits per heavy atom.